The van der Waals surface area contributed by atoms with Gasteiger partial charge in [-0.2, -0.15) is 0 Å². The maximum atomic E-state index is 6.69. The van der Waals surface area contributed by atoms with Gasteiger partial charge in [-0.3, -0.25) is 0 Å². The van der Waals surface area contributed by atoms with Crippen molar-refractivity contribution in [1.82, 2.24) is 0 Å². The number of ether oxygens (including phenoxy) is 1. The molecule has 3 aliphatic heterocycles. The van der Waals surface area contributed by atoms with Crippen molar-refractivity contribution >= 4 is 28.2 Å². The maximum Gasteiger partial charge on any atom is 0.142 e. The van der Waals surface area contributed by atoms with Crippen LogP contribution in [0.3, 0.4) is 0 Å². The molecule has 3 nitrogen and oxygen atoms in total. The van der Waals surface area contributed by atoms with E-state index in [9.17, 15) is 0 Å². The van der Waals surface area contributed by atoms with Crippen LogP contribution < -0.4 is 14.5 Å². The monoisotopic (exact) mass is 486 g/mol. The number of benzene rings is 4. The predicted octanol–water partition coefficient (Wildman–Crippen LogP) is 8.10. The van der Waals surface area contributed by atoms with Crippen molar-refractivity contribution in [2.24, 2.45) is 0 Å². The number of anilines is 2. The minimum absolute atomic E-state index is 0.0589. The van der Waals surface area contributed by atoms with Gasteiger partial charge in [0.25, 0.3) is 0 Å². The lowest BCUT2D eigenvalue weighted by atomic mass is 9.86. The lowest BCUT2D eigenvalue weighted by Crippen LogP contribution is -2.30. The van der Waals surface area contributed by atoms with E-state index in [0.29, 0.717) is 6.04 Å². The molecule has 2 atom stereocenters. The van der Waals surface area contributed by atoms with Crippen LogP contribution in [0.15, 0.2) is 84.9 Å². The second-order valence-electron chi connectivity index (χ2n) is 10.8. The summed E-state index contributed by atoms with van der Waals surface area (Å²) in [6, 6.07) is 29.2. The molecule has 2 unspecified atom stereocenters. The van der Waals surface area contributed by atoms with Crippen molar-refractivity contribution in [2.75, 3.05) is 29.9 Å². The molecule has 0 N–H and O–H groups in total. The Balaban J connectivity index is 1.37. The zero-order valence-electron chi connectivity index (χ0n) is 21.6. The molecule has 4 aromatic rings. The first-order valence-corrected chi connectivity index (χ1v) is 13.8. The smallest absolute Gasteiger partial charge is 0.142 e. The molecule has 1 fully saturated rings. The first-order valence-electron chi connectivity index (χ1n) is 13.8. The Morgan fingerprint density at radius 1 is 0.811 bits per heavy atom. The molecule has 3 heteroatoms. The molecule has 37 heavy (non-hydrogen) atoms. The number of fused-ring (bicyclic) bond motifs is 4. The minimum atomic E-state index is -0.0589. The van der Waals surface area contributed by atoms with Crippen LogP contribution in [-0.4, -0.2) is 20.1 Å². The highest BCUT2D eigenvalue weighted by atomic mass is 16.5. The maximum absolute atomic E-state index is 6.69. The third-order valence-electron chi connectivity index (χ3n) is 8.58. The number of piperidine rings is 1. The molecule has 0 amide bonds. The van der Waals surface area contributed by atoms with Crippen LogP contribution in [0.25, 0.3) is 16.8 Å². The number of para-hydroxylation sites is 1. The minimum Gasteiger partial charge on any atom is -0.481 e. The molecule has 7 rings (SSSR count). The van der Waals surface area contributed by atoms with E-state index in [1.54, 1.807) is 0 Å². The third-order valence-corrected chi connectivity index (χ3v) is 8.58. The molecule has 0 aliphatic carbocycles. The molecule has 0 radical (unpaired) electrons. The van der Waals surface area contributed by atoms with Crippen molar-refractivity contribution in [2.45, 2.75) is 44.2 Å². The summed E-state index contributed by atoms with van der Waals surface area (Å²) in [6.45, 7) is 2.31. The highest BCUT2D eigenvalue weighted by molar-refractivity contribution is 5.98. The summed E-state index contributed by atoms with van der Waals surface area (Å²) < 4.78 is 6.69. The van der Waals surface area contributed by atoms with Crippen LogP contribution in [0, 0.1) is 0 Å². The van der Waals surface area contributed by atoms with Gasteiger partial charge in [0.2, 0.25) is 0 Å². The van der Waals surface area contributed by atoms with Gasteiger partial charge in [0.1, 0.15) is 11.9 Å². The third kappa shape index (κ3) is 3.98. The lowest BCUT2D eigenvalue weighted by Gasteiger charge is -2.38. The van der Waals surface area contributed by atoms with E-state index in [1.807, 2.05) is 0 Å². The summed E-state index contributed by atoms with van der Waals surface area (Å²) in [6.07, 6.45) is 10.6. The van der Waals surface area contributed by atoms with E-state index >= 15 is 0 Å². The number of aryl methyl sites for hydroxylation is 1. The fourth-order valence-electron chi connectivity index (χ4n) is 6.60. The van der Waals surface area contributed by atoms with Gasteiger partial charge in [0.05, 0.1) is 6.04 Å². The van der Waals surface area contributed by atoms with Gasteiger partial charge in [0.15, 0.2) is 0 Å². The van der Waals surface area contributed by atoms with Crippen molar-refractivity contribution in [1.29, 1.82) is 0 Å². The standard InChI is InChI=1S/C34H34N2O/c1-35-31-13-7-6-10-24(31)14-18-32(35)30-23-34-28(17-19-33(37-34)25-11-4-2-5-12-25)27-16-15-26(22-29(27)30)36-20-8-3-9-21-36/h2,4-7,10-13,15-17,19,22-23,32-33H,3,8-9,14,18,20-21H2,1H3. The molecular weight excluding hydrogens is 452 g/mol. The first-order chi connectivity index (χ1) is 18.3. The molecule has 0 spiro atoms. The van der Waals surface area contributed by atoms with Gasteiger partial charge >= 0.3 is 0 Å². The van der Waals surface area contributed by atoms with Gasteiger partial charge in [-0.1, -0.05) is 60.7 Å². The summed E-state index contributed by atoms with van der Waals surface area (Å²) in [5.74, 6) is 0.997. The molecule has 3 aliphatic rings. The zero-order chi connectivity index (χ0) is 24.8. The Bertz CT molecular complexity index is 1470. The summed E-state index contributed by atoms with van der Waals surface area (Å²) in [5.41, 5.74) is 7.92. The predicted molar refractivity (Wildman–Crippen MR) is 155 cm³/mol. The molecule has 3 heterocycles. The fourth-order valence-corrected chi connectivity index (χ4v) is 6.60. The van der Waals surface area contributed by atoms with Crippen molar-refractivity contribution in [3.63, 3.8) is 0 Å². The van der Waals surface area contributed by atoms with Gasteiger partial charge in [-0.15, -0.1) is 0 Å². The second kappa shape index (κ2) is 9.30. The van der Waals surface area contributed by atoms with Gasteiger partial charge < -0.3 is 14.5 Å². The average molecular weight is 487 g/mol. The molecule has 4 aromatic carbocycles. The molecule has 1 saturated heterocycles. The fraction of sp³-hybridized carbons (Fsp3) is 0.294. The van der Waals surface area contributed by atoms with E-state index < -0.39 is 0 Å². The normalized spacial score (nSPS) is 20.9. The molecular formula is C34H34N2O. The Morgan fingerprint density at radius 2 is 1.62 bits per heavy atom. The first kappa shape index (κ1) is 22.5. The van der Waals surface area contributed by atoms with Crippen LogP contribution in [-0.2, 0) is 6.42 Å². The Morgan fingerprint density at radius 3 is 2.49 bits per heavy atom. The summed E-state index contributed by atoms with van der Waals surface area (Å²) in [4.78, 5) is 5.06. The highest BCUT2D eigenvalue weighted by Gasteiger charge is 2.29. The zero-order valence-corrected chi connectivity index (χ0v) is 21.6. The lowest BCUT2D eigenvalue weighted by molar-refractivity contribution is 0.252. The van der Waals surface area contributed by atoms with Gasteiger partial charge in [-0.25, -0.2) is 0 Å². The molecule has 0 aromatic heterocycles. The van der Waals surface area contributed by atoms with E-state index in [1.165, 1.54) is 63.7 Å². The van der Waals surface area contributed by atoms with E-state index in [-0.39, 0.29) is 6.10 Å². The van der Waals surface area contributed by atoms with Crippen molar-refractivity contribution in [3.05, 3.63) is 107 Å². The van der Waals surface area contributed by atoms with E-state index in [4.69, 9.17) is 4.74 Å². The summed E-state index contributed by atoms with van der Waals surface area (Å²) in [5, 5.41) is 2.66. The Hall–Kier alpha value is -3.72. The summed E-state index contributed by atoms with van der Waals surface area (Å²) >= 11 is 0. The van der Waals surface area contributed by atoms with Crippen LogP contribution in [0.2, 0.25) is 0 Å². The van der Waals surface area contributed by atoms with Crippen LogP contribution in [0.1, 0.15) is 60.1 Å². The van der Waals surface area contributed by atoms with E-state index in [2.05, 4.69) is 108 Å². The summed E-state index contributed by atoms with van der Waals surface area (Å²) in [7, 11) is 2.26. The largest absolute Gasteiger partial charge is 0.481 e. The van der Waals surface area contributed by atoms with Crippen LogP contribution >= 0.6 is 0 Å². The topological polar surface area (TPSA) is 15.7 Å². The Labute approximate surface area is 220 Å². The van der Waals surface area contributed by atoms with Crippen molar-refractivity contribution < 1.29 is 4.74 Å². The molecule has 0 bridgehead atoms. The van der Waals surface area contributed by atoms with E-state index in [0.717, 1.165) is 31.7 Å². The van der Waals surface area contributed by atoms with Crippen LogP contribution in [0.4, 0.5) is 11.4 Å². The molecule has 0 saturated carbocycles. The quantitative estimate of drug-likeness (QED) is 0.291. The number of hydrogen-bond acceptors (Lipinski definition) is 3. The van der Waals surface area contributed by atoms with Gasteiger partial charge in [0, 0.05) is 37.1 Å². The highest BCUT2D eigenvalue weighted by Crippen LogP contribution is 2.46. The van der Waals surface area contributed by atoms with Crippen LogP contribution in [0.5, 0.6) is 5.75 Å². The Kier molecular flexibility index (Phi) is 5.65. The van der Waals surface area contributed by atoms with Gasteiger partial charge in [-0.05, 0) is 89.9 Å². The number of nitrogens with zero attached hydrogens (tertiary/aromatic N) is 2. The second-order valence-corrected chi connectivity index (χ2v) is 10.8. The average Bonchev–Trinajstić information content (AvgIpc) is 2.97. The number of hydrogen-bond donors (Lipinski definition) is 0. The molecule has 186 valence electrons. The SMILES string of the molecule is CN1c2ccccc2CCC1c1cc2c(c3ccc(N4CCCCC4)cc13)C=CC(c1ccccc1)O2. The number of rotatable bonds is 3. The van der Waals surface area contributed by atoms with Crippen molar-refractivity contribution in [3.8, 4) is 5.75 Å².